The number of hydrogen-bond acceptors (Lipinski definition) is 3. The van der Waals surface area contributed by atoms with Crippen LogP contribution >= 0.6 is 24.0 Å². The number of pyridine rings is 1. The highest BCUT2D eigenvalue weighted by Gasteiger charge is 2.19. The molecule has 26 heavy (non-hydrogen) atoms. The van der Waals surface area contributed by atoms with Crippen LogP contribution in [0.4, 0.5) is 0 Å². The summed E-state index contributed by atoms with van der Waals surface area (Å²) in [6.07, 6.45) is 6.13. The van der Waals surface area contributed by atoms with Crippen LogP contribution in [0.5, 0.6) is 0 Å². The fraction of sp³-hybridized carbons (Fsp3) is 0.579. The Bertz CT molecular complexity index is 724. The van der Waals surface area contributed by atoms with E-state index in [1.54, 1.807) is 0 Å². The first-order valence-corrected chi connectivity index (χ1v) is 9.17. The molecular weight excluding hydrogens is 441 g/mol. The molecule has 3 rings (SSSR count). The van der Waals surface area contributed by atoms with Crippen molar-refractivity contribution in [3.05, 3.63) is 35.8 Å². The van der Waals surface area contributed by atoms with Crippen molar-refractivity contribution in [1.29, 1.82) is 0 Å². The maximum absolute atomic E-state index is 5.48. The molecule has 144 valence electrons. The molecule has 0 saturated carbocycles. The van der Waals surface area contributed by atoms with Gasteiger partial charge in [0.2, 0.25) is 0 Å². The Labute approximate surface area is 173 Å². The Balaban J connectivity index is 0.00000243. The van der Waals surface area contributed by atoms with Gasteiger partial charge in [0.15, 0.2) is 5.96 Å². The van der Waals surface area contributed by atoms with Crippen molar-refractivity contribution in [2.75, 3.05) is 39.9 Å². The number of hydrogen-bond donors (Lipinski definition) is 1. The number of aliphatic imine (C=N–C) groups is 1. The number of nitrogens with zero attached hydrogens (tertiary/aromatic N) is 4. The van der Waals surface area contributed by atoms with E-state index < -0.39 is 0 Å². The minimum atomic E-state index is 0. The molecule has 0 aromatic carbocycles. The van der Waals surface area contributed by atoms with Gasteiger partial charge in [0.1, 0.15) is 5.65 Å². The number of rotatable bonds is 6. The van der Waals surface area contributed by atoms with Crippen molar-refractivity contribution >= 4 is 35.6 Å². The lowest BCUT2D eigenvalue weighted by atomic mass is 10.1. The van der Waals surface area contributed by atoms with Gasteiger partial charge in [-0.1, -0.05) is 6.07 Å². The van der Waals surface area contributed by atoms with E-state index in [-0.39, 0.29) is 24.0 Å². The minimum Gasteiger partial charge on any atom is -0.381 e. The van der Waals surface area contributed by atoms with Crippen LogP contribution in [-0.4, -0.2) is 60.1 Å². The van der Waals surface area contributed by atoms with Gasteiger partial charge in [0.25, 0.3) is 0 Å². The van der Waals surface area contributed by atoms with Crippen LogP contribution in [0.2, 0.25) is 0 Å². The molecule has 6 nitrogen and oxygen atoms in total. The van der Waals surface area contributed by atoms with Crippen LogP contribution in [0.25, 0.3) is 5.65 Å². The molecule has 1 N–H and O–H groups in total. The Kier molecular flexibility index (Phi) is 8.15. The quantitative estimate of drug-likeness (QED) is 0.400. The summed E-state index contributed by atoms with van der Waals surface area (Å²) in [5.74, 6) is 1.57. The lowest BCUT2D eigenvalue weighted by molar-refractivity contribution is 0.181. The predicted molar refractivity (Wildman–Crippen MR) is 117 cm³/mol. The molecule has 7 heteroatoms. The fourth-order valence-corrected chi connectivity index (χ4v) is 3.27. The van der Waals surface area contributed by atoms with Crippen molar-refractivity contribution < 1.29 is 4.74 Å². The van der Waals surface area contributed by atoms with Gasteiger partial charge in [-0.15, -0.1) is 24.0 Å². The summed E-state index contributed by atoms with van der Waals surface area (Å²) in [6.45, 7) is 8.54. The zero-order valence-electron chi connectivity index (χ0n) is 15.9. The summed E-state index contributed by atoms with van der Waals surface area (Å²) >= 11 is 0. The number of fused-ring (bicyclic) bond motifs is 1. The average Bonchev–Trinajstić information content (AvgIpc) is 3.24. The third-order valence-electron chi connectivity index (χ3n) is 4.61. The van der Waals surface area contributed by atoms with E-state index in [9.17, 15) is 0 Å². The van der Waals surface area contributed by atoms with Crippen LogP contribution < -0.4 is 5.32 Å². The monoisotopic (exact) mass is 471 g/mol. The highest BCUT2D eigenvalue weighted by molar-refractivity contribution is 14.0. The SMILES string of the molecule is CCNC(=NCCc1cn2cccc(C)c2n1)N(C)CC1CCOC1.I. The van der Waals surface area contributed by atoms with Gasteiger partial charge in [-0.25, -0.2) is 4.98 Å². The molecule has 0 amide bonds. The van der Waals surface area contributed by atoms with Crippen molar-refractivity contribution in [3.63, 3.8) is 0 Å². The van der Waals surface area contributed by atoms with Gasteiger partial charge in [-0.2, -0.15) is 0 Å². The molecule has 0 radical (unpaired) electrons. The predicted octanol–water partition coefficient (Wildman–Crippen LogP) is 2.74. The Morgan fingerprint density at radius 2 is 2.35 bits per heavy atom. The standard InChI is InChI=1S/C19H29N5O.HI/c1-4-20-19(23(3)12-16-8-11-25-14-16)21-9-7-17-13-24-10-5-6-15(2)18(24)22-17;/h5-6,10,13,16H,4,7-9,11-12,14H2,1-3H3,(H,20,21);1H. The largest absolute Gasteiger partial charge is 0.381 e. The number of guanidine groups is 1. The Morgan fingerprint density at radius 1 is 1.50 bits per heavy atom. The zero-order chi connectivity index (χ0) is 17.6. The Hall–Kier alpha value is -1.35. The molecule has 1 atom stereocenters. The first-order valence-electron chi connectivity index (χ1n) is 9.17. The molecule has 1 fully saturated rings. The summed E-state index contributed by atoms with van der Waals surface area (Å²) in [6, 6.07) is 4.14. The van der Waals surface area contributed by atoms with Gasteiger partial charge in [0.05, 0.1) is 12.3 Å². The summed E-state index contributed by atoms with van der Waals surface area (Å²) < 4.78 is 7.57. The topological polar surface area (TPSA) is 54.2 Å². The highest BCUT2D eigenvalue weighted by Crippen LogP contribution is 2.13. The maximum atomic E-state index is 5.48. The highest BCUT2D eigenvalue weighted by atomic mass is 127. The van der Waals surface area contributed by atoms with Gasteiger partial charge < -0.3 is 19.4 Å². The molecule has 1 unspecified atom stereocenters. The molecule has 2 aromatic rings. The lowest BCUT2D eigenvalue weighted by Gasteiger charge is -2.24. The molecule has 0 spiro atoms. The number of ether oxygens (including phenoxy) is 1. The van der Waals surface area contributed by atoms with Crippen LogP contribution in [0.15, 0.2) is 29.5 Å². The van der Waals surface area contributed by atoms with Gasteiger partial charge in [-0.05, 0) is 31.9 Å². The second-order valence-electron chi connectivity index (χ2n) is 6.75. The van der Waals surface area contributed by atoms with E-state index in [1.165, 1.54) is 5.56 Å². The van der Waals surface area contributed by atoms with E-state index in [1.807, 2.05) is 6.20 Å². The molecule has 1 aliphatic rings. The first-order chi connectivity index (χ1) is 12.2. The summed E-state index contributed by atoms with van der Waals surface area (Å²) in [5, 5.41) is 3.39. The molecule has 3 heterocycles. The van der Waals surface area contributed by atoms with Crippen LogP contribution in [0.3, 0.4) is 0 Å². The molecular formula is C19H30IN5O. The molecule has 0 bridgehead atoms. The summed E-state index contributed by atoms with van der Waals surface area (Å²) in [7, 11) is 2.11. The van der Waals surface area contributed by atoms with Crippen LogP contribution in [0, 0.1) is 12.8 Å². The van der Waals surface area contributed by atoms with E-state index >= 15 is 0 Å². The number of nitrogens with one attached hydrogen (secondary N) is 1. The van der Waals surface area contributed by atoms with E-state index in [4.69, 9.17) is 14.7 Å². The van der Waals surface area contributed by atoms with Crippen molar-refractivity contribution in [2.24, 2.45) is 10.9 Å². The van der Waals surface area contributed by atoms with Gasteiger partial charge in [-0.3, -0.25) is 4.99 Å². The van der Waals surface area contributed by atoms with Crippen molar-refractivity contribution in [3.8, 4) is 0 Å². The second kappa shape index (κ2) is 10.1. The van der Waals surface area contributed by atoms with Crippen molar-refractivity contribution in [1.82, 2.24) is 19.6 Å². The zero-order valence-corrected chi connectivity index (χ0v) is 18.3. The number of halogens is 1. The summed E-state index contributed by atoms with van der Waals surface area (Å²) in [4.78, 5) is 11.7. The van der Waals surface area contributed by atoms with E-state index in [0.717, 1.165) is 63.0 Å². The lowest BCUT2D eigenvalue weighted by Crippen LogP contribution is -2.41. The second-order valence-corrected chi connectivity index (χ2v) is 6.75. The van der Waals surface area contributed by atoms with Crippen LogP contribution in [0.1, 0.15) is 24.6 Å². The number of aromatic nitrogens is 2. The van der Waals surface area contributed by atoms with E-state index in [0.29, 0.717) is 5.92 Å². The number of imidazole rings is 1. The molecule has 2 aromatic heterocycles. The Morgan fingerprint density at radius 3 is 3.04 bits per heavy atom. The smallest absolute Gasteiger partial charge is 0.193 e. The van der Waals surface area contributed by atoms with Crippen LogP contribution in [-0.2, 0) is 11.2 Å². The third-order valence-corrected chi connectivity index (χ3v) is 4.61. The normalized spacial score (nSPS) is 17.3. The molecule has 0 aliphatic carbocycles. The molecule has 1 aliphatic heterocycles. The van der Waals surface area contributed by atoms with E-state index in [2.05, 4.69) is 53.8 Å². The number of aryl methyl sites for hydroxylation is 1. The average molecular weight is 471 g/mol. The summed E-state index contributed by atoms with van der Waals surface area (Å²) in [5.41, 5.74) is 3.32. The first kappa shape index (κ1) is 21.0. The van der Waals surface area contributed by atoms with Crippen molar-refractivity contribution in [2.45, 2.75) is 26.7 Å². The third kappa shape index (κ3) is 5.33. The fourth-order valence-electron chi connectivity index (χ4n) is 3.27. The maximum Gasteiger partial charge on any atom is 0.193 e. The minimum absolute atomic E-state index is 0. The van der Waals surface area contributed by atoms with Gasteiger partial charge in [0, 0.05) is 58.0 Å². The molecule has 1 saturated heterocycles. The van der Waals surface area contributed by atoms with Gasteiger partial charge >= 0.3 is 0 Å².